The second-order valence-corrected chi connectivity index (χ2v) is 10.5. The second kappa shape index (κ2) is 15.4. The molecule has 0 aromatic heterocycles. The number of aliphatic hydroxyl groups excluding tert-OH is 1. The zero-order valence-corrected chi connectivity index (χ0v) is 24.0. The topological polar surface area (TPSA) is 115 Å². The number of carbonyl (C=O) groups is 2. The number of aliphatic hydroxyl groups is 1. The number of urea groups is 1. The van der Waals surface area contributed by atoms with Crippen LogP contribution >= 0.6 is 11.8 Å². The van der Waals surface area contributed by atoms with Gasteiger partial charge in [0, 0.05) is 29.2 Å². The number of para-hydroxylation sites is 1. The third kappa shape index (κ3) is 8.96. The van der Waals surface area contributed by atoms with E-state index < -0.39 is 18.3 Å². The van der Waals surface area contributed by atoms with Crippen LogP contribution in [-0.4, -0.2) is 49.2 Å². The first-order valence-corrected chi connectivity index (χ1v) is 14.5. The van der Waals surface area contributed by atoms with Crippen molar-refractivity contribution in [1.29, 1.82) is 0 Å². The summed E-state index contributed by atoms with van der Waals surface area (Å²) in [6.07, 6.45) is -0.172. The van der Waals surface area contributed by atoms with Gasteiger partial charge < -0.3 is 34.7 Å². The molecule has 41 heavy (non-hydrogen) atoms. The van der Waals surface area contributed by atoms with Gasteiger partial charge in [-0.25, -0.2) is 4.79 Å². The van der Waals surface area contributed by atoms with Crippen LogP contribution in [0.2, 0.25) is 0 Å². The number of methoxy groups -OCH3 is 1. The van der Waals surface area contributed by atoms with Crippen molar-refractivity contribution in [2.45, 2.75) is 49.9 Å². The van der Waals surface area contributed by atoms with Gasteiger partial charge in [-0.05, 0) is 35.7 Å². The van der Waals surface area contributed by atoms with Crippen LogP contribution in [0.5, 0.6) is 5.75 Å². The normalized spacial score (nSPS) is 18.4. The number of esters is 1. The molecule has 0 aliphatic carbocycles. The molecule has 3 N–H and O–H groups in total. The van der Waals surface area contributed by atoms with Gasteiger partial charge in [0.15, 0.2) is 6.29 Å². The summed E-state index contributed by atoms with van der Waals surface area (Å²) in [7, 11) is 1.67. The highest BCUT2D eigenvalue weighted by Crippen LogP contribution is 2.40. The number of nitrogens with one attached hydrogen (secondary N) is 2. The maximum Gasteiger partial charge on any atom is 0.325 e. The summed E-state index contributed by atoms with van der Waals surface area (Å²) in [4.78, 5) is 24.5. The minimum absolute atomic E-state index is 0.00994. The zero-order chi connectivity index (χ0) is 29.0. The lowest BCUT2D eigenvalue weighted by molar-refractivity contribution is -0.245. The fraction of sp³-hybridized carbons (Fsp3) is 0.355. The van der Waals surface area contributed by atoms with Crippen LogP contribution < -0.4 is 15.4 Å². The third-order valence-electron chi connectivity index (χ3n) is 6.51. The fourth-order valence-corrected chi connectivity index (χ4v) is 5.39. The summed E-state index contributed by atoms with van der Waals surface area (Å²) in [5.74, 6) is 1.06. The molecule has 0 unspecified atom stereocenters. The van der Waals surface area contributed by atoms with E-state index in [-0.39, 0.29) is 32.0 Å². The summed E-state index contributed by atoms with van der Waals surface area (Å²) < 4.78 is 23.2. The SMILES string of the molecule is CCOC(=O)CNC(=O)NCc1ccc([C@@H]2O[C@H](CSc3ccccc3OC)C[C@H](c3ccc(CO)cc3)O2)cc1. The molecule has 3 aromatic rings. The van der Waals surface area contributed by atoms with Crippen molar-refractivity contribution in [2.24, 2.45) is 0 Å². The molecule has 0 spiro atoms. The molecule has 0 radical (unpaired) electrons. The summed E-state index contributed by atoms with van der Waals surface area (Å²) in [5.41, 5.74) is 3.62. The van der Waals surface area contributed by atoms with Crippen LogP contribution in [0.3, 0.4) is 0 Å². The number of rotatable bonds is 12. The first-order chi connectivity index (χ1) is 20.0. The lowest BCUT2D eigenvalue weighted by Gasteiger charge is -2.36. The summed E-state index contributed by atoms with van der Waals surface area (Å²) in [6, 6.07) is 22.9. The Hall–Kier alpha value is -3.57. The van der Waals surface area contributed by atoms with Gasteiger partial charge in [-0.3, -0.25) is 4.79 Å². The highest BCUT2D eigenvalue weighted by molar-refractivity contribution is 7.99. The molecule has 1 aliphatic rings. The number of carbonyl (C=O) groups excluding carboxylic acids is 2. The van der Waals surface area contributed by atoms with E-state index in [1.54, 1.807) is 25.8 Å². The molecule has 10 heteroatoms. The van der Waals surface area contributed by atoms with Crippen LogP contribution in [0.15, 0.2) is 77.7 Å². The smallest absolute Gasteiger partial charge is 0.325 e. The van der Waals surface area contributed by atoms with E-state index >= 15 is 0 Å². The minimum Gasteiger partial charge on any atom is -0.496 e. The molecule has 1 fully saturated rings. The van der Waals surface area contributed by atoms with Gasteiger partial charge >= 0.3 is 12.0 Å². The Morgan fingerprint density at radius 1 is 0.951 bits per heavy atom. The minimum atomic E-state index is -0.579. The Balaban J connectivity index is 1.41. The number of benzene rings is 3. The van der Waals surface area contributed by atoms with E-state index in [1.165, 1.54) is 0 Å². The van der Waals surface area contributed by atoms with Gasteiger partial charge in [0.2, 0.25) is 0 Å². The summed E-state index contributed by atoms with van der Waals surface area (Å²) >= 11 is 1.69. The molecule has 0 saturated carbocycles. The van der Waals surface area contributed by atoms with Crippen LogP contribution in [0, 0.1) is 0 Å². The van der Waals surface area contributed by atoms with Crippen molar-refractivity contribution >= 4 is 23.8 Å². The highest BCUT2D eigenvalue weighted by atomic mass is 32.2. The number of ether oxygens (including phenoxy) is 4. The van der Waals surface area contributed by atoms with E-state index in [0.29, 0.717) is 18.7 Å². The number of thioether (sulfide) groups is 1. The van der Waals surface area contributed by atoms with Crippen molar-refractivity contribution in [3.05, 3.63) is 95.1 Å². The predicted octanol–water partition coefficient (Wildman–Crippen LogP) is 4.89. The average molecular weight is 581 g/mol. The molecular formula is C31H36N2O7S. The maximum absolute atomic E-state index is 12.0. The lowest BCUT2D eigenvalue weighted by atomic mass is 10.0. The van der Waals surface area contributed by atoms with E-state index in [9.17, 15) is 14.7 Å². The molecule has 1 heterocycles. The highest BCUT2D eigenvalue weighted by Gasteiger charge is 2.32. The molecular weight excluding hydrogens is 544 g/mol. The van der Waals surface area contributed by atoms with Gasteiger partial charge in [0.1, 0.15) is 12.3 Å². The summed E-state index contributed by atoms with van der Waals surface area (Å²) in [6.45, 7) is 2.07. The second-order valence-electron chi connectivity index (χ2n) is 9.39. The maximum atomic E-state index is 12.0. The molecule has 2 amide bonds. The Kier molecular flexibility index (Phi) is 11.4. The van der Waals surface area contributed by atoms with Crippen LogP contribution in [0.25, 0.3) is 0 Å². The van der Waals surface area contributed by atoms with E-state index in [2.05, 4.69) is 10.6 Å². The van der Waals surface area contributed by atoms with Gasteiger partial charge in [-0.15, -0.1) is 11.8 Å². The number of hydrogen-bond donors (Lipinski definition) is 3. The van der Waals surface area contributed by atoms with E-state index in [4.69, 9.17) is 18.9 Å². The van der Waals surface area contributed by atoms with Gasteiger partial charge in [0.25, 0.3) is 0 Å². The molecule has 0 bridgehead atoms. The Labute approximate surface area is 244 Å². The quantitative estimate of drug-likeness (QED) is 0.205. The Morgan fingerprint density at radius 3 is 2.37 bits per heavy atom. The summed E-state index contributed by atoms with van der Waals surface area (Å²) in [5, 5.41) is 14.6. The van der Waals surface area contributed by atoms with E-state index in [0.717, 1.165) is 32.9 Å². The molecule has 9 nitrogen and oxygen atoms in total. The average Bonchev–Trinajstić information content (AvgIpc) is 3.02. The number of hydrogen-bond acceptors (Lipinski definition) is 8. The van der Waals surface area contributed by atoms with Gasteiger partial charge in [0.05, 0.1) is 32.5 Å². The number of amides is 2. The first kappa shape index (κ1) is 30.4. The fourth-order valence-electron chi connectivity index (χ4n) is 4.35. The molecule has 3 atom stereocenters. The molecule has 218 valence electrons. The molecule has 3 aromatic carbocycles. The predicted molar refractivity (Wildman–Crippen MR) is 155 cm³/mol. The monoisotopic (exact) mass is 580 g/mol. The molecule has 4 rings (SSSR count). The largest absolute Gasteiger partial charge is 0.496 e. The Morgan fingerprint density at radius 2 is 1.66 bits per heavy atom. The van der Waals surface area contributed by atoms with Crippen molar-refractivity contribution in [3.8, 4) is 5.75 Å². The van der Waals surface area contributed by atoms with Crippen molar-refractivity contribution in [1.82, 2.24) is 10.6 Å². The van der Waals surface area contributed by atoms with Crippen molar-refractivity contribution in [3.63, 3.8) is 0 Å². The van der Waals surface area contributed by atoms with Gasteiger partial charge in [-0.2, -0.15) is 0 Å². The van der Waals surface area contributed by atoms with E-state index in [1.807, 2.05) is 72.8 Å². The van der Waals surface area contributed by atoms with Gasteiger partial charge in [-0.1, -0.05) is 60.7 Å². The third-order valence-corrected chi connectivity index (χ3v) is 7.70. The van der Waals surface area contributed by atoms with Crippen molar-refractivity contribution in [2.75, 3.05) is 26.0 Å². The first-order valence-electron chi connectivity index (χ1n) is 13.5. The standard InChI is InChI=1S/C31H36N2O7S/c1-3-38-29(35)18-33-31(36)32-17-21-8-14-24(15-9-21)30-39-25(20-41-28-7-5-4-6-26(28)37-2)16-27(40-30)23-12-10-22(19-34)11-13-23/h4-15,25,27,30,34H,3,16-20H2,1-2H3,(H2,32,33,36)/t25-,27+,30+/m0/s1. The van der Waals surface area contributed by atoms with Crippen LogP contribution in [0.1, 0.15) is 48.0 Å². The van der Waals surface area contributed by atoms with Crippen LogP contribution in [0.4, 0.5) is 4.79 Å². The van der Waals surface area contributed by atoms with Crippen molar-refractivity contribution < 1.29 is 33.6 Å². The lowest BCUT2D eigenvalue weighted by Crippen LogP contribution is -2.38. The molecule has 1 saturated heterocycles. The molecule has 1 aliphatic heterocycles. The Bertz CT molecular complexity index is 1270. The van der Waals surface area contributed by atoms with Crippen LogP contribution in [-0.2, 0) is 32.2 Å². The zero-order valence-electron chi connectivity index (χ0n) is 23.2.